The molecule has 0 aliphatic heterocycles. The second kappa shape index (κ2) is 21.6. The van der Waals surface area contributed by atoms with E-state index < -0.39 is 18.3 Å². The maximum atomic E-state index is 9.98. The van der Waals surface area contributed by atoms with E-state index in [9.17, 15) is 29.7 Å². The zero-order chi connectivity index (χ0) is 31.4. The van der Waals surface area contributed by atoms with Crippen LogP contribution in [0.2, 0.25) is 0 Å². The summed E-state index contributed by atoms with van der Waals surface area (Å²) in [7, 11) is 0. The third-order valence-electron chi connectivity index (χ3n) is 6.41. The number of allylic oxidation sites excluding steroid dienone is 1. The van der Waals surface area contributed by atoms with Crippen molar-refractivity contribution in [1.29, 1.82) is 0 Å². The summed E-state index contributed by atoms with van der Waals surface area (Å²) in [6.07, 6.45) is 0.232. The fourth-order valence-electron chi connectivity index (χ4n) is 3.91. The Morgan fingerprint density at radius 2 is 1.00 bits per heavy atom. The van der Waals surface area contributed by atoms with E-state index in [1.54, 1.807) is 69.5 Å². The molecule has 9 nitrogen and oxygen atoms in total. The fourth-order valence-corrected chi connectivity index (χ4v) is 4.93. The molecule has 0 saturated carbocycles. The SMILES string of the molecule is CCN(CC)C(=O)[O-].CCN(CC)C(=O)[O-].CCN(CC)C(=O)[O-].[Zr+3][C]1=Cc2ccccc2C1Cc1ccccc1. The molecule has 1 aliphatic carbocycles. The number of rotatable bonds is 8. The molecule has 1 aliphatic rings. The van der Waals surface area contributed by atoms with E-state index in [2.05, 4.69) is 60.7 Å². The Morgan fingerprint density at radius 1 is 0.634 bits per heavy atom. The Morgan fingerprint density at radius 3 is 1.34 bits per heavy atom. The fraction of sp³-hybridized carbons (Fsp3) is 0.452. The summed E-state index contributed by atoms with van der Waals surface area (Å²) in [5, 5.41) is 29.9. The van der Waals surface area contributed by atoms with Crippen LogP contribution >= 0.6 is 0 Å². The van der Waals surface area contributed by atoms with Crippen molar-refractivity contribution in [2.75, 3.05) is 39.3 Å². The molecule has 0 aromatic heterocycles. The second-order valence-corrected chi connectivity index (χ2v) is 10.2. The molecule has 0 spiro atoms. The maximum absolute atomic E-state index is 9.98. The Kier molecular flexibility index (Phi) is 20.0. The van der Waals surface area contributed by atoms with Gasteiger partial charge in [-0.3, -0.25) is 0 Å². The van der Waals surface area contributed by atoms with Gasteiger partial charge in [0.1, 0.15) is 18.3 Å². The molecular weight excluding hydrogens is 602 g/mol. The first-order chi connectivity index (χ1) is 19.5. The Labute approximate surface area is 260 Å². The van der Waals surface area contributed by atoms with Crippen molar-refractivity contribution in [2.24, 2.45) is 0 Å². The van der Waals surface area contributed by atoms with Crippen LogP contribution in [0.25, 0.3) is 6.08 Å². The summed E-state index contributed by atoms with van der Waals surface area (Å²) in [5.74, 6) is 0.604. The molecule has 0 heterocycles. The molecule has 0 fully saturated rings. The van der Waals surface area contributed by atoms with Gasteiger partial charge in [-0.15, -0.1) is 0 Å². The summed E-state index contributed by atoms with van der Waals surface area (Å²) in [5.41, 5.74) is 4.35. The Hall–Kier alpha value is -3.13. The number of fused-ring (bicyclic) bond motifs is 1. The molecule has 0 bridgehead atoms. The van der Waals surface area contributed by atoms with Gasteiger partial charge in [-0.1, -0.05) is 0 Å². The molecule has 0 N–H and O–H groups in total. The molecule has 0 saturated heterocycles. The number of hydrogen-bond donors (Lipinski definition) is 0. The van der Waals surface area contributed by atoms with Crippen LogP contribution in [-0.4, -0.2) is 72.2 Å². The summed E-state index contributed by atoms with van der Waals surface area (Å²) >= 11 is 1.54. The number of amides is 3. The first-order valence-corrected chi connectivity index (χ1v) is 15.2. The van der Waals surface area contributed by atoms with E-state index in [4.69, 9.17) is 0 Å². The summed E-state index contributed by atoms with van der Waals surface area (Å²) in [6.45, 7) is 13.7. The van der Waals surface area contributed by atoms with Crippen LogP contribution in [-0.2, 0) is 31.1 Å². The van der Waals surface area contributed by atoms with Crippen molar-refractivity contribution in [2.45, 2.75) is 53.9 Å². The van der Waals surface area contributed by atoms with E-state index in [0.29, 0.717) is 45.2 Å². The van der Waals surface area contributed by atoms with Crippen LogP contribution in [0.1, 0.15) is 64.2 Å². The van der Waals surface area contributed by atoms with Crippen LogP contribution in [0, 0.1) is 0 Å². The van der Waals surface area contributed by atoms with Crippen LogP contribution < -0.4 is 15.3 Å². The van der Waals surface area contributed by atoms with Crippen LogP contribution in [0.3, 0.4) is 0 Å². The van der Waals surface area contributed by atoms with Gasteiger partial charge in [0.2, 0.25) is 0 Å². The predicted octanol–water partition coefficient (Wildman–Crippen LogP) is 2.93. The van der Waals surface area contributed by atoms with Crippen molar-refractivity contribution >= 4 is 24.4 Å². The van der Waals surface area contributed by atoms with Crippen LogP contribution in [0.15, 0.2) is 57.9 Å². The number of carbonyl (C=O) groups is 3. The topological polar surface area (TPSA) is 130 Å². The monoisotopic (exact) mass is 643 g/mol. The van der Waals surface area contributed by atoms with Crippen molar-refractivity contribution in [3.05, 3.63) is 74.6 Å². The number of nitrogens with zero attached hydrogens (tertiary/aromatic N) is 3. The van der Waals surface area contributed by atoms with Gasteiger partial charge in [-0.2, -0.15) is 0 Å². The summed E-state index contributed by atoms with van der Waals surface area (Å²) in [6, 6.07) is 19.6. The number of carbonyl (C=O) groups excluding carboxylic acids is 3. The molecule has 2 aromatic rings. The predicted molar refractivity (Wildman–Crippen MR) is 152 cm³/mol. The van der Waals surface area contributed by atoms with E-state index in [0.717, 1.165) is 6.42 Å². The van der Waals surface area contributed by atoms with Crippen molar-refractivity contribution in [3.63, 3.8) is 0 Å². The van der Waals surface area contributed by atoms with Gasteiger partial charge in [0.25, 0.3) is 0 Å². The average molecular weight is 645 g/mol. The first kappa shape index (κ1) is 37.9. The molecule has 10 heteroatoms. The standard InChI is InChI=1S/C16H13.3C5H11NO2.Zr/c1-2-6-13(7-3-1)12-15-11-10-14-8-4-5-9-16(14)15;3*1-3-6(4-2)5(7)8;/h1-10,15H,12H2;3*3-4H2,1-2H3,(H,7,8);/q;;;;+3/p-3. The van der Waals surface area contributed by atoms with E-state index in [1.807, 2.05) is 0 Å². The minimum atomic E-state index is -1.09. The number of hydrogen-bond acceptors (Lipinski definition) is 6. The van der Waals surface area contributed by atoms with E-state index in [-0.39, 0.29) is 0 Å². The number of carboxylic acid groups (broad SMARTS) is 3. The quantitative estimate of drug-likeness (QED) is 0.435. The van der Waals surface area contributed by atoms with Gasteiger partial charge in [0, 0.05) is 39.3 Å². The molecule has 0 radical (unpaired) electrons. The zero-order valence-electron chi connectivity index (χ0n) is 25.1. The van der Waals surface area contributed by atoms with Gasteiger partial charge in [-0.25, -0.2) is 0 Å². The third kappa shape index (κ3) is 14.4. The van der Waals surface area contributed by atoms with Gasteiger partial charge >= 0.3 is 118 Å². The molecule has 3 rings (SSSR count). The van der Waals surface area contributed by atoms with E-state index >= 15 is 0 Å². The second-order valence-electron chi connectivity index (χ2n) is 8.79. The summed E-state index contributed by atoms with van der Waals surface area (Å²) in [4.78, 5) is 33.6. The van der Waals surface area contributed by atoms with Gasteiger partial charge in [-0.05, 0) is 41.5 Å². The van der Waals surface area contributed by atoms with Crippen LogP contribution in [0.5, 0.6) is 0 Å². The molecule has 3 amide bonds. The van der Waals surface area contributed by atoms with Crippen LogP contribution in [0.4, 0.5) is 14.4 Å². The van der Waals surface area contributed by atoms with Crippen molar-refractivity contribution < 1.29 is 54.4 Å². The third-order valence-corrected chi connectivity index (χ3v) is 7.62. The average Bonchev–Trinajstić information content (AvgIpc) is 3.26. The Bertz CT molecular complexity index is 1020. The molecule has 1 unspecified atom stereocenters. The van der Waals surface area contributed by atoms with Gasteiger partial charge < -0.3 is 44.4 Å². The Balaban J connectivity index is 0.000000571. The van der Waals surface area contributed by atoms with Crippen molar-refractivity contribution in [3.8, 4) is 0 Å². The van der Waals surface area contributed by atoms with Gasteiger partial charge in [0.05, 0.1) is 0 Å². The number of benzene rings is 2. The molecule has 41 heavy (non-hydrogen) atoms. The minimum absolute atomic E-state index is 0.513. The molecule has 2 aromatic carbocycles. The molecule has 1 atom stereocenters. The molecular formula is C31H43N3O6Zr. The van der Waals surface area contributed by atoms with Gasteiger partial charge in [0.15, 0.2) is 0 Å². The molecule has 222 valence electrons. The van der Waals surface area contributed by atoms with Crippen molar-refractivity contribution in [1.82, 2.24) is 14.7 Å². The summed E-state index contributed by atoms with van der Waals surface area (Å²) < 4.78 is 1.57. The zero-order valence-corrected chi connectivity index (χ0v) is 27.5. The first-order valence-electron chi connectivity index (χ1n) is 13.9. The normalized spacial score (nSPS) is 12.5. The van der Waals surface area contributed by atoms with E-state index in [1.165, 1.54) is 31.4 Å².